The molecule has 0 bridgehead atoms. The Morgan fingerprint density at radius 3 is 2.22 bits per heavy atom. The van der Waals surface area contributed by atoms with Gasteiger partial charge in [0.05, 0.1) is 17.3 Å². The van der Waals surface area contributed by atoms with Crippen LogP contribution in [0.3, 0.4) is 0 Å². The van der Waals surface area contributed by atoms with E-state index in [-0.39, 0.29) is 21.5 Å². The van der Waals surface area contributed by atoms with Crippen molar-refractivity contribution in [2.75, 3.05) is 17.5 Å². The predicted octanol–water partition coefficient (Wildman–Crippen LogP) is 4.68. The molecule has 0 saturated heterocycles. The molecule has 0 aliphatic rings. The monoisotopic (exact) mass is 429 g/mol. The molecule has 2 rings (SSSR count). The summed E-state index contributed by atoms with van der Waals surface area (Å²) >= 11 is 12.1. The van der Waals surface area contributed by atoms with E-state index in [4.69, 9.17) is 27.9 Å². The second-order valence-corrected chi connectivity index (χ2v) is 8.81. The second kappa shape index (κ2) is 8.50. The number of carbonyl (C=O) groups excluding carboxylic acids is 1. The van der Waals surface area contributed by atoms with Crippen LogP contribution in [0.1, 0.15) is 23.6 Å². The average Bonchev–Trinajstić information content (AvgIpc) is 2.55. The molecule has 27 heavy (non-hydrogen) atoms. The molecule has 0 unspecified atom stereocenters. The van der Waals surface area contributed by atoms with Crippen molar-refractivity contribution < 1.29 is 17.9 Å². The molecule has 5 nitrogen and oxygen atoms in total. The molecule has 0 atom stereocenters. The summed E-state index contributed by atoms with van der Waals surface area (Å²) in [5.41, 5.74) is 2.85. The Morgan fingerprint density at radius 2 is 1.67 bits per heavy atom. The van der Waals surface area contributed by atoms with Crippen LogP contribution >= 0.6 is 23.2 Å². The molecule has 0 saturated carbocycles. The van der Waals surface area contributed by atoms with Gasteiger partial charge in [-0.25, -0.2) is 8.42 Å². The van der Waals surface area contributed by atoms with Crippen molar-refractivity contribution in [1.82, 2.24) is 0 Å². The van der Waals surface area contributed by atoms with Gasteiger partial charge in [-0.1, -0.05) is 40.9 Å². The minimum Gasteiger partial charge on any atom is -0.465 e. The third kappa shape index (κ3) is 4.75. The van der Waals surface area contributed by atoms with E-state index in [1.807, 2.05) is 19.1 Å². The Balaban J connectivity index is 2.70. The van der Waals surface area contributed by atoms with Crippen LogP contribution in [-0.4, -0.2) is 27.5 Å². The molecule has 0 amide bonds. The van der Waals surface area contributed by atoms with Crippen LogP contribution in [0.5, 0.6) is 0 Å². The first-order valence-corrected chi connectivity index (χ1v) is 10.5. The van der Waals surface area contributed by atoms with Gasteiger partial charge < -0.3 is 4.74 Å². The number of aryl methyl sites for hydroxylation is 3. The number of halogens is 2. The molecule has 0 N–H and O–H groups in total. The van der Waals surface area contributed by atoms with Gasteiger partial charge in [-0.15, -0.1) is 0 Å². The van der Waals surface area contributed by atoms with E-state index in [0.717, 1.165) is 21.0 Å². The lowest BCUT2D eigenvalue weighted by molar-refractivity contribution is -0.141. The Hall–Kier alpha value is -1.76. The number of nitrogens with zero attached hydrogens (tertiary/aromatic N) is 1. The molecule has 0 spiro atoms. The largest absolute Gasteiger partial charge is 0.465 e. The molecule has 0 aliphatic carbocycles. The van der Waals surface area contributed by atoms with Crippen molar-refractivity contribution in [2.24, 2.45) is 0 Å². The van der Waals surface area contributed by atoms with Crippen molar-refractivity contribution in [3.8, 4) is 0 Å². The summed E-state index contributed by atoms with van der Waals surface area (Å²) in [7, 11) is -4.16. The van der Waals surface area contributed by atoms with Gasteiger partial charge in [0.2, 0.25) is 0 Å². The molecule has 0 aromatic heterocycles. The van der Waals surface area contributed by atoms with Crippen LogP contribution in [0.4, 0.5) is 5.69 Å². The van der Waals surface area contributed by atoms with Gasteiger partial charge in [0.1, 0.15) is 11.4 Å². The van der Waals surface area contributed by atoms with Gasteiger partial charge >= 0.3 is 5.97 Å². The Labute approximate surface area is 169 Å². The van der Waals surface area contributed by atoms with Crippen LogP contribution in [0.2, 0.25) is 10.0 Å². The molecular weight excluding hydrogens is 409 g/mol. The Kier molecular flexibility index (Phi) is 6.78. The van der Waals surface area contributed by atoms with E-state index in [2.05, 4.69) is 0 Å². The molecule has 146 valence electrons. The number of ether oxygens (including phenoxy) is 1. The van der Waals surface area contributed by atoms with Crippen LogP contribution in [-0.2, 0) is 19.6 Å². The summed E-state index contributed by atoms with van der Waals surface area (Å²) in [6.07, 6.45) is 0. The van der Waals surface area contributed by atoms with Gasteiger partial charge in [-0.05, 0) is 57.0 Å². The van der Waals surface area contributed by atoms with Crippen LogP contribution in [0.25, 0.3) is 0 Å². The maximum Gasteiger partial charge on any atom is 0.326 e. The maximum absolute atomic E-state index is 13.4. The number of sulfonamides is 1. The van der Waals surface area contributed by atoms with Gasteiger partial charge in [0, 0.05) is 5.02 Å². The standard InChI is InChI=1S/C19H21Cl2NO4S/c1-5-26-18(23)11-22(19-13(3)8-12(2)9-14(19)4)27(24,25)17-10-15(20)6-7-16(17)21/h6-10H,5,11H2,1-4H3. The van der Waals surface area contributed by atoms with E-state index in [1.54, 1.807) is 20.8 Å². The van der Waals surface area contributed by atoms with Gasteiger partial charge in [-0.3, -0.25) is 9.10 Å². The first-order valence-electron chi connectivity index (χ1n) is 8.29. The topological polar surface area (TPSA) is 63.7 Å². The number of rotatable bonds is 6. The number of anilines is 1. The highest BCUT2D eigenvalue weighted by atomic mass is 35.5. The number of hydrogen-bond donors (Lipinski definition) is 0. The van der Waals surface area contributed by atoms with E-state index in [0.29, 0.717) is 5.69 Å². The highest BCUT2D eigenvalue weighted by molar-refractivity contribution is 7.93. The molecule has 0 heterocycles. The van der Waals surface area contributed by atoms with Gasteiger partial charge in [0.15, 0.2) is 0 Å². The lowest BCUT2D eigenvalue weighted by atomic mass is 10.1. The summed E-state index contributed by atoms with van der Waals surface area (Å²) in [5, 5.41) is 0.252. The number of esters is 1. The molecule has 2 aromatic rings. The van der Waals surface area contributed by atoms with E-state index < -0.39 is 22.5 Å². The van der Waals surface area contributed by atoms with Crippen LogP contribution in [0, 0.1) is 20.8 Å². The average molecular weight is 430 g/mol. The minimum atomic E-state index is -4.16. The number of benzene rings is 2. The van der Waals surface area contributed by atoms with E-state index in [9.17, 15) is 13.2 Å². The second-order valence-electron chi connectivity index (χ2n) is 6.14. The van der Waals surface area contributed by atoms with Crippen LogP contribution in [0.15, 0.2) is 35.2 Å². The lowest BCUT2D eigenvalue weighted by Gasteiger charge is -2.27. The Bertz CT molecular complexity index is 951. The molecular formula is C19H21Cl2NO4S. The SMILES string of the molecule is CCOC(=O)CN(c1c(C)cc(C)cc1C)S(=O)(=O)c1cc(Cl)ccc1Cl. The smallest absolute Gasteiger partial charge is 0.326 e. The number of carbonyl (C=O) groups is 1. The minimum absolute atomic E-state index is 0.0238. The normalized spacial score (nSPS) is 11.3. The highest BCUT2D eigenvalue weighted by Crippen LogP contribution is 2.34. The van der Waals surface area contributed by atoms with E-state index >= 15 is 0 Å². The fourth-order valence-corrected chi connectivity index (χ4v) is 5.25. The maximum atomic E-state index is 13.4. The first kappa shape index (κ1) is 21.5. The van der Waals surface area contributed by atoms with Crippen molar-refractivity contribution in [2.45, 2.75) is 32.6 Å². The summed E-state index contributed by atoms with van der Waals surface area (Å²) in [4.78, 5) is 12.0. The summed E-state index contributed by atoms with van der Waals surface area (Å²) in [6, 6.07) is 7.90. The Morgan fingerprint density at radius 1 is 1.07 bits per heavy atom. The van der Waals surface area contributed by atoms with Crippen molar-refractivity contribution >= 4 is 44.9 Å². The van der Waals surface area contributed by atoms with Crippen molar-refractivity contribution in [3.05, 3.63) is 57.1 Å². The summed E-state index contributed by atoms with van der Waals surface area (Å²) in [5.74, 6) is -0.654. The van der Waals surface area contributed by atoms with E-state index in [1.165, 1.54) is 18.2 Å². The fourth-order valence-electron chi connectivity index (χ4n) is 2.97. The number of hydrogen-bond acceptors (Lipinski definition) is 4. The zero-order valence-electron chi connectivity index (χ0n) is 15.5. The van der Waals surface area contributed by atoms with Crippen molar-refractivity contribution in [3.63, 3.8) is 0 Å². The zero-order chi connectivity index (χ0) is 20.4. The predicted molar refractivity (Wildman–Crippen MR) is 108 cm³/mol. The third-order valence-electron chi connectivity index (χ3n) is 3.92. The summed E-state index contributed by atoms with van der Waals surface area (Å²) < 4.78 is 32.8. The molecule has 0 fully saturated rings. The van der Waals surface area contributed by atoms with Crippen molar-refractivity contribution in [1.29, 1.82) is 0 Å². The third-order valence-corrected chi connectivity index (χ3v) is 6.39. The molecule has 8 heteroatoms. The van der Waals surface area contributed by atoms with Gasteiger partial charge in [-0.2, -0.15) is 0 Å². The van der Waals surface area contributed by atoms with Gasteiger partial charge in [0.25, 0.3) is 10.0 Å². The quantitative estimate of drug-likeness (QED) is 0.625. The molecule has 2 aromatic carbocycles. The summed E-state index contributed by atoms with van der Waals surface area (Å²) in [6.45, 7) is 6.85. The first-order chi connectivity index (χ1) is 12.6. The highest BCUT2D eigenvalue weighted by Gasteiger charge is 2.31. The van der Waals surface area contributed by atoms with Crippen LogP contribution < -0.4 is 4.31 Å². The zero-order valence-corrected chi connectivity index (χ0v) is 17.9. The lowest BCUT2D eigenvalue weighted by Crippen LogP contribution is -2.37. The fraction of sp³-hybridized carbons (Fsp3) is 0.316. The molecule has 0 aliphatic heterocycles. The molecule has 0 radical (unpaired) electrons.